The molecule has 4 bridgehead atoms. The number of nitrogens with two attached hydrogens (primary N) is 1. The zero-order chi connectivity index (χ0) is 11.6. The second-order valence-corrected chi connectivity index (χ2v) is 7.64. The van der Waals surface area contributed by atoms with Gasteiger partial charge in [-0.15, -0.1) is 6.42 Å². The predicted octanol–water partition coefficient (Wildman–Crippen LogP) is 2.94. The Labute approximate surface area is 99.2 Å². The second kappa shape index (κ2) is 2.85. The molecule has 0 aromatic rings. The molecule has 88 valence electrons. The van der Waals surface area contributed by atoms with Gasteiger partial charge < -0.3 is 5.73 Å². The van der Waals surface area contributed by atoms with E-state index in [1.807, 2.05) is 0 Å². The van der Waals surface area contributed by atoms with E-state index in [2.05, 4.69) is 19.8 Å². The van der Waals surface area contributed by atoms with Crippen molar-refractivity contribution in [2.75, 3.05) is 0 Å². The van der Waals surface area contributed by atoms with Gasteiger partial charge in [-0.05, 0) is 60.7 Å². The Morgan fingerprint density at radius 2 is 1.69 bits per heavy atom. The van der Waals surface area contributed by atoms with Crippen molar-refractivity contribution in [2.24, 2.45) is 27.9 Å². The fourth-order valence-corrected chi connectivity index (χ4v) is 6.06. The fraction of sp³-hybridized carbons (Fsp3) is 0.867. The summed E-state index contributed by atoms with van der Waals surface area (Å²) >= 11 is 0. The lowest BCUT2D eigenvalue weighted by Gasteiger charge is -2.66. The Balaban J connectivity index is 2.02. The topological polar surface area (TPSA) is 26.0 Å². The first-order valence-corrected chi connectivity index (χ1v) is 6.61. The molecule has 3 unspecified atom stereocenters. The zero-order valence-electron chi connectivity index (χ0n) is 10.6. The van der Waals surface area contributed by atoms with Gasteiger partial charge in [-0.2, -0.15) is 0 Å². The molecule has 4 aliphatic rings. The summed E-state index contributed by atoms with van der Waals surface area (Å²) in [6, 6.07) is -0.0189. The largest absolute Gasteiger partial charge is 0.317 e. The Kier molecular flexibility index (Phi) is 1.90. The number of hydrogen-bond acceptors (Lipinski definition) is 1. The van der Waals surface area contributed by atoms with Gasteiger partial charge in [-0.1, -0.05) is 19.8 Å². The highest BCUT2D eigenvalue weighted by atomic mass is 14.8. The van der Waals surface area contributed by atoms with E-state index in [0.717, 1.165) is 5.92 Å². The van der Waals surface area contributed by atoms with Crippen molar-refractivity contribution >= 4 is 0 Å². The van der Waals surface area contributed by atoms with Crippen molar-refractivity contribution in [1.29, 1.82) is 0 Å². The van der Waals surface area contributed by atoms with E-state index in [4.69, 9.17) is 12.2 Å². The van der Waals surface area contributed by atoms with Crippen molar-refractivity contribution in [3.63, 3.8) is 0 Å². The SMILES string of the molecule is C#CC(N)C12CC3CC(C)(CC(C)(C3)C1)C2. The lowest BCUT2D eigenvalue weighted by Crippen LogP contribution is -2.60. The van der Waals surface area contributed by atoms with Gasteiger partial charge in [0.1, 0.15) is 0 Å². The van der Waals surface area contributed by atoms with Crippen LogP contribution in [0.2, 0.25) is 0 Å². The van der Waals surface area contributed by atoms with Crippen LogP contribution in [0.4, 0.5) is 0 Å². The highest BCUT2D eigenvalue weighted by molar-refractivity contribution is 5.18. The smallest absolute Gasteiger partial charge is 0.0719 e. The van der Waals surface area contributed by atoms with Gasteiger partial charge in [0.05, 0.1) is 6.04 Å². The summed E-state index contributed by atoms with van der Waals surface area (Å²) < 4.78 is 0. The third kappa shape index (κ3) is 1.29. The first kappa shape index (κ1) is 10.7. The molecule has 1 heteroatoms. The molecule has 0 amide bonds. The molecule has 0 radical (unpaired) electrons. The number of terminal acetylenes is 1. The first-order valence-electron chi connectivity index (χ1n) is 6.61. The minimum absolute atomic E-state index is 0.0189. The van der Waals surface area contributed by atoms with Crippen molar-refractivity contribution < 1.29 is 0 Å². The standard InChI is InChI=1S/C15H23N/c1-4-12(16)15-7-11-5-13(2,9-15)8-14(3,6-11)10-15/h1,11-12H,5-10,16H2,2-3H3. The molecule has 1 nitrogen and oxygen atoms in total. The molecule has 2 N–H and O–H groups in total. The van der Waals surface area contributed by atoms with Crippen LogP contribution in [0.15, 0.2) is 0 Å². The van der Waals surface area contributed by atoms with Crippen LogP contribution in [0, 0.1) is 34.5 Å². The van der Waals surface area contributed by atoms with Gasteiger partial charge >= 0.3 is 0 Å². The van der Waals surface area contributed by atoms with Crippen LogP contribution in [-0.2, 0) is 0 Å². The molecule has 4 aliphatic carbocycles. The van der Waals surface area contributed by atoms with Crippen molar-refractivity contribution in [3.05, 3.63) is 0 Å². The van der Waals surface area contributed by atoms with Crippen molar-refractivity contribution in [3.8, 4) is 12.3 Å². The highest BCUT2D eigenvalue weighted by Crippen LogP contribution is 2.70. The number of rotatable bonds is 1. The number of hydrogen-bond donors (Lipinski definition) is 1. The van der Waals surface area contributed by atoms with Crippen molar-refractivity contribution in [1.82, 2.24) is 0 Å². The normalized spacial score (nSPS) is 56.0. The Morgan fingerprint density at radius 3 is 2.12 bits per heavy atom. The average Bonchev–Trinajstić information content (AvgIpc) is 2.10. The van der Waals surface area contributed by atoms with E-state index in [9.17, 15) is 0 Å². The van der Waals surface area contributed by atoms with E-state index >= 15 is 0 Å². The van der Waals surface area contributed by atoms with E-state index in [-0.39, 0.29) is 11.5 Å². The summed E-state index contributed by atoms with van der Waals surface area (Å²) in [7, 11) is 0. The molecule has 3 atom stereocenters. The molecule has 0 saturated heterocycles. The van der Waals surface area contributed by atoms with Crippen LogP contribution in [0.3, 0.4) is 0 Å². The maximum atomic E-state index is 6.25. The Bertz CT molecular complexity index is 346. The van der Waals surface area contributed by atoms with E-state index < -0.39 is 0 Å². The molecule has 0 aromatic carbocycles. The van der Waals surface area contributed by atoms with Crippen molar-refractivity contribution in [2.45, 2.75) is 58.4 Å². The summed E-state index contributed by atoms with van der Waals surface area (Å²) in [5.41, 5.74) is 7.59. The molecule has 0 aromatic heterocycles. The first-order chi connectivity index (χ1) is 7.39. The quantitative estimate of drug-likeness (QED) is 0.671. The van der Waals surface area contributed by atoms with Crippen LogP contribution < -0.4 is 5.73 Å². The van der Waals surface area contributed by atoms with Crippen LogP contribution >= 0.6 is 0 Å². The molecule has 16 heavy (non-hydrogen) atoms. The van der Waals surface area contributed by atoms with Gasteiger partial charge in [0.15, 0.2) is 0 Å². The summed E-state index contributed by atoms with van der Waals surface area (Å²) in [5, 5.41) is 0. The summed E-state index contributed by atoms with van der Waals surface area (Å²) in [6.07, 6.45) is 13.7. The van der Waals surface area contributed by atoms with E-state index in [1.165, 1.54) is 38.5 Å². The zero-order valence-corrected chi connectivity index (χ0v) is 10.6. The van der Waals surface area contributed by atoms with E-state index in [0.29, 0.717) is 10.8 Å². The van der Waals surface area contributed by atoms with Gasteiger partial charge in [0, 0.05) is 0 Å². The van der Waals surface area contributed by atoms with Gasteiger partial charge in [0.2, 0.25) is 0 Å². The molecule has 4 fully saturated rings. The summed E-state index contributed by atoms with van der Waals surface area (Å²) in [5.74, 6) is 3.73. The third-order valence-corrected chi connectivity index (χ3v) is 5.51. The maximum absolute atomic E-state index is 6.25. The predicted molar refractivity (Wildman–Crippen MR) is 66.6 cm³/mol. The maximum Gasteiger partial charge on any atom is 0.0719 e. The lowest BCUT2D eigenvalue weighted by molar-refractivity contribution is -0.147. The Hall–Kier alpha value is -0.480. The molecular weight excluding hydrogens is 194 g/mol. The molecule has 0 heterocycles. The minimum Gasteiger partial charge on any atom is -0.317 e. The monoisotopic (exact) mass is 217 g/mol. The van der Waals surface area contributed by atoms with Gasteiger partial charge in [-0.3, -0.25) is 0 Å². The van der Waals surface area contributed by atoms with Crippen LogP contribution in [-0.4, -0.2) is 6.04 Å². The molecule has 0 aliphatic heterocycles. The summed E-state index contributed by atoms with van der Waals surface area (Å²) in [6.45, 7) is 4.93. The Morgan fingerprint density at radius 1 is 1.12 bits per heavy atom. The lowest BCUT2D eigenvalue weighted by atomic mass is 9.39. The van der Waals surface area contributed by atoms with Gasteiger partial charge in [-0.25, -0.2) is 0 Å². The van der Waals surface area contributed by atoms with Crippen LogP contribution in [0.5, 0.6) is 0 Å². The molecular formula is C15H23N. The molecule has 4 saturated carbocycles. The highest BCUT2D eigenvalue weighted by Gasteiger charge is 2.61. The second-order valence-electron chi connectivity index (χ2n) is 7.64. The minimum atomic E-state index is -0.0189. The average molecular weight is 217 g/mol. The van der Waals surface area contributed by atoms with Crippen LogP contribution in [0.1, 0.15) is 52.4 Å². The van der Waals surface area contributed by atoms with Gasteiger partial charge in [0.25, 0.3) is 0 Å². The molecule has 0 spiro atoms. The fourth-order valence-electron chi connectivity index (χ4n) is 6.06. The summed E-state index contributed by atoms with van der Waals surface area (Å²) in [4.78, 5) is 0. The molecule has 4 rings (SSSR count). The third-order valence-electron chi connectivity index (χ3n) is 5.51. The van der Waals surface area contributed by atoms with Crippen LogP contribution in [0.25, 0.3) is 0 Å². The van der Waals surface area contributed by atoms with E-state index in [1.54, 1.807) is 0 Å².